The molecule has 0 fully saturated rings. The number of aliphatic hydroxyl groups is 1. The van der Waals surface area contributed by atoms with Crippen molar-refractivity contribution in [1.82, 2.24) is 0 Å². The normalized spacial score (nSPS) is 14.6. The lowest BCUT2D eigenvalue weighted by atomic mass is 9.99. The Labute approximate surface area is 561 Å². The number of phosphoric ester groups is 2. The second-order valence-corrected chi connectivity index (χ2v) is 29.7. The van der Waals surface area contributed by atoms with Crippen molar-refractivity contribution in [3.8, 4) is 0 Å². The van der Waals surface area contributed by atoms with Crippen molar-refractivity contribution in [2.24, 2.45) is 17.8 Å². The summed E-state index contributed by atoms with van der Waals surface area (Å²) in [5.74, 6) is 0.0989. The van der Waals surface area contributed by atoms with E-state index in [1.54, 1.807) is 0 Å². The number of hydrogen-bond acceptors (Lipinski definition) is 15. The molecule has 3 N–H and O–H groups in total. The highest BCUT2D eigenvalue weighted by atomic mass is 31.2. The number of aliphatic hydroxyl groups excluding tert-OH is 1. The Balaban J connectivity index is 5.30. The van der Waals surface area contributed by atoms with Crippen LogP contribution in [0, 0.1) is 17.8 Å². The maximum Gasteiger partial charge on any atom is 0.472 e. The summed E-state index contributed by atoms with van der Waals surface area (Å²) in [4.78, 5) is 72.6. The average Bonchev–Trinajstić information content (AvgIpc) is 2.74. The molecule has 0 bridgehead atoms. The highest BCUT2D eigenvalue weighted by Gasteiger charge is 2.30. The molecular weight excluding hydrogens is 1210 g/mol. The van der Waals surface area contributed by atoms with Crippen LogP contribution in [0.25, 0.3) is 0 Å². The molecule has 0 heterocycles. The van der Waals surface area contributed by atoms with Crippen LogP contribution in [0.2, 0.25) is 0 Å². The molecule has 0 amide bonds. The number of rotatable bonds is 69. The highest BCUT2D eigenvalue weighted by molar-refractivity contribution is 7.47. The Morgan fingerprint density at radius 1 is 0.359 bits per heavy atom. The summed E-state index contributed by atoms with van der Waals surface area (Å²) in [7, 11) is -9.92. The van der Waals surface area contributed by atoms with Gasteiger partial charge in [0.1, 0.15) is 19.3 Å². The molecule has 0 aliphatic carbocycles. The summed E-state index contributed by atoms with van der Waals surface area (Å²) in [6, 6.07) is 0. The lowest BCUT2D eigenvalue weighted by molar-refractivity contribution is -0.161. The van der Waals surface area contributed by atoms with Crippen LogP contribution >= 0.6 is 15.6 Å². The molecule has 0 aliphatic rings. The molecule has 19 heteroatoms. The molecule has 6 atom stereocenters. The topological polar surface area (TPSA) is 237 Å². The number of phosphoric acid groups is 2. The van der Waals surface area contributed by atoms with Gasteiger partial charge < -0.3 is 33.8 Å². The van der Waals surface area contributed by atoms with Crippen LogP contribution in [0.1, 0.15) is 344 Å². The van der Waals surface area contributed by atoms with Gasteiger partial charge >= 0.3 is 39.5 Å². The Morgan fingerprint density at radius 3 is 0.967 bits per heavy atom. The van der Waals surface area contributed by atoms with E-state index in [4.69, 9.17) is 37.0 Å². The predicted octanol–water partition coefficient (Wildman–Crippen LogP) is 20.6. The number of unbranched alkanes of at least 4 members (excludes halogenated alkanes) is 33. The first-order valence-corrected chi connectivity index (χ1v) is 40.2. The predicted molar refractivity (Wildman–Crippen MR) is 372 cm³/mol. The zero-order valence-electron chi connectivity index (χ0n) is 59.5. The molecule has 92 heavy (non-hydrogen) atoms. The maximum atomic E-state index is 13.0. The molecule has 0 saturated heterocycles. The zero-order valence-corrected chi connectivity index (χ0v) is 61.3. The maximum absolute atomic E-state index is 13.0. The van der Waals surface area contributed by atoms with Gasteiger partial charge in [-0.2, -0.15) is 0 Å². The minimum atomic E-state index is -4.96. The number of esters is 4. The first-order valence-electron chi connectivity index (χ1n) is 37.2. The number of allylic oxidation sites excluding steroid dienone is 4. The molecular formula is C73H138O17P2. The van der Waals surface area contributed by atoms with Crippen molar-refractivity contribution in [1.29, 1.82) is 0 Å². The minimum absolute atomic E-state index is 0.0838. The van der Waals surface area contributed by atoms with Crippen molar-refractivity contribution >= 4 is 39.5 Å². The molecule has 0 aromatic rings. The summed E-state index contributed by atoms with van der Waals surface area (Å²) in [6.07, 6.45) is 50.8. The summed E-state index contributed by atoms with van der Waals surface area (Å²) >= 11 is 0. The molecule has 4 unspecified atom stereocenters. The van der Waals surface area contributed by atoms with E-state index in [1.807, 2.05) is 0 Å². The molecule has 542 valence electrons. The minimum Gasteiger partial charge on any atom is -0.462 e. The molecule has 0 aromatic heterocycles. The summed E-state index contributed by atoms with van der Waals surface area (Å²) in [6.45, 7) is 11.8. The fraction of sp³-hybridized carbons (Fsp3) is 0.890. The van der Waals surface area contributed by atoms with Gasteiger partial charge in [0, 0.05) is 25.7 Å². The van der Waals surface area contributed by atoms with E-state index < -0.39 is 97.5 Å². The molecule has 0 rings (SSSR count). The van der Waals surface area contributed by atoms with E-state index in [0.717, 1.165) is 121 Å². The van der Waals surface area contributed by atoms with Crippen molar-refractivity contribution < 1.29 is 80.2 Å². The molecule has 17 nitrogen and oxygen atoms in total. The van der Waals surface area contributed by atoms with E-state index in [9.17, 15) is 43.2 Å². The SMILES string of the molecule is CCCCCC/C=C\C=C/CCCCCCCC(=O)O[C@H](COC(=O)CCCCCCCCCC(C)C)COP(=O)(O)OCC(O)COP(=O)(O)OC[C@@H](COC(=O)CCCCCCCCCCC(C)CC)OC(=O)CCCCCCCCCCCCCCC(C)C. The highest BCUT2D eigenvalue weighted by Crippen LogP contribution is 2.45. The van der Waals surface area contributed by atoms with Gasteiger partial charge in [0.25, 0.3) is 0 Å². The fourth-order valence-electron chi connectivity index (χ4n) is 10.5. The van der Waals surface area contributed by atoms with E-state index in [1.165, 1.54) is 135 Å². The van der Waals surface area contributed by atoms with Gasteiger partial charge in [-0.05, 0) is 69.1 Å². The standard InChI is InChI=1S/C73H138O17P2/c1-8-10-11-12-13-14-15-16-17-18-22-25-34-42-49-56-72(77)90-69(61-84-71(76)55-48-41-36-29-31-38-45-52-65(5)6)63-88-92(81,82)86-59-67(74)58-85-91(79,80)87-62-68(60-83-70(75)54-47-40-33-28-27-32-39-46-53-66(7)9-2)89-73(78)57-50-43-35-26-23-20-19-21-24-30-37-44-51-64(3)4/h14-17,64-69,74H,8-13,18-63H2,1-7H3,(H,79,80)(H,81,82)/b15-14-,17-16-/t66?,67?,68-,69-/m1/s1. The monoisotopic (exact) mass is 1350 g/mol. The first kappa shape index (κ1) is 89.5. The Bertz CT molecular complexity index is 1900. The van der Waals surface area contributed by atoms with Crippen LogP contribution in [0.4, 0.5) is 0 Å². The van der Waals surface area contributed by atoms with Gasteiger partial charge in [-0.25, -0.2) is 9.13 Å². The summed E-state index contributed by atoms with van der Waals surface area (Å²) in [5, 5.41) is 10.6. The average molecular weight is 1350 g/mol. The van der Waals surface area contributed by atoms with Gasteiger partial charge in [0.2, 0.25) is 0 Å². The van der Waals surface area contributed by atoms with E-state index in [2.05, 4.69) is 72.8 Å². The third-order valence-corrected chi connectivity index (χ3v) is 18.5. The molecule has 0 radical (unpaired) electrons. The van der Waals surface area contributed by atoms with Crippen molar-refractivity contribution in [3.63, 3.8) is 0 Å². The Morgan fingerprint density at radius 2 is 0.641 bits per heavy atom. The third-order valence-electron chi connectivity index (χ3n) is 16.6. The number of hydrogen-bond donors (Lipinski definition) is 3. The second kappa shape index (κ2) is 63.3. The largest absolute Gasteiger partial charge is 0.472 e. The van der Waals surface area contributed by atoms with E-state index in [-0.39, 0.29) is 25.7 Å². The fourth-order valence-corrected chi connectivity index (χ4v) is 12.1. The molecule has 0 spiro atoms. The zero-order chi connectivity index (χ0) is 68.0. The van der Waals surface area contributed by atoms with Crippen molar-refractivity contribution in [2.45, 2.75) is 362 Å². The second-order valence-electron chi connectivity index (χ2n) is 26.8. The third kappa shape index (κ3) is 64.9. The van der Waals surface area contributed by atoms with Gasteiger partial charge in [0.05, 0.1) is 26.4 Å². The lowest BCUT2D eigenvalue weighted by Crippen LogP contribution is -2.30. The van der Waals surface area contributed by atoms with Crippen LogP contribution in [0.3, 0.4) is 0 Å². The Kier molecular flexibility index (Phi) is 61.6. The first-order chi connectivity index (χ1) is 44.3. The van der Waals surface area contributed by atoms with Crippen LogP contribution in [0.5, 0.6) is 0 Å². The van der Waals surface area contributed by atoms with Crippen LogP contribution in [-0.2, 0) is 65.4 Å². The molecule has 0 aliphatic heterocycles. The Hall–Kier alpha value is -2.46. The van der Waals surface area contributed by atoms with Crippen molar-refractivity contribution in [3.05, 3.63) is 24.3 Å². The van der Waals surface area contributed by atoms with Crippen molar-refractivity contribution in [2.75, 3.05) is 39.6 Å². The van der Waals surface area contributed by atoms with Crippen LogP contribution in [0.15, 0.2) is 24.3 Å². The summed E-state index contributed by atoms with van der Waals surface area (Å²) < 4.78 is 68.3. The molecule has 0 aromatic carbocycles. The van der Waals surface area contributed by atoms with E-state index in [0.29, 0.717) is 31.6 Å². The van der Waals surface area contributed by atoms with Gasteiger partial charge in [-0.15, -0.1) is 0 Å². The van der Waals surface area contributed by atoms with Crippen LogP contribution in [-0.4, -0.2) is 96.7 Å². The number of carbonyl (C=O) groups excluding carboxylic acids is 4. The summed E-state index contributed by atoms with van der Waals surface area (Å²) in [5.41, 5.74) is 0. The van der Waals surface area contributed by atoms with Gasteiger partial charge in [-0.1, -0.05) is 291 Å². The molecule has 0 saturated carbocycles. The number of carbonyl (C=O) groups is 4. The lowest BCUT2D eigenvalue weighted by Gasteiger charge is -2.21. The van der Waals surface area contributed by atoms with Gasteiger partial charge in [0.15, 0.2) is 12.2 Å². The number of ether oxygens (including phenoxy) is 4. The van der Waals surface area contributed by atoms with Gasteiger partial charge in [-0.3, -0.25) is 37.3 Å². The smallest absolute Gasteiger partial charge is 0.462 e. The van der Waals surface area contributed by atoms with E-state index >= 15 is 0 Å². The van der Waals surface area contributed by atoms with Crippen LogP contribution < -0.4 is 0 Å². The quantitative estimate of drug-likeness (QED) is 0.0169.